The van der Waals surface area contributed by atoms with Gasteiger partial charge in [0.2, 0.25) is 5.91 Å². The molecule has 0 fully saturated rings. The molecule has 0 spiro atoms. The lowest BCUT2D eigenvalue weighted by atomic mass is 10.1. The van der Waals surface area contributed by atoms with Gasteiger partial charge in [0.25, 0.3) is 0 Å². The van der Waals surface area contributed by atoms with Gasteiger partial charge < -0.3 is 9.88 Å². The Balaban J connectivity index is 1.85. The van der Waals surface area contributed by atoms with Crippen molar-refractivity contribution in [3.05, 3.63) is 65.1 Å². The number of benzene rings is 2. The first-order valence-electron chi connectivity index (χ1n) is 7.58. The van der Waals surface area contributed by atoms with Crippen molar-refractivity contribution < 1.29 is 14.0 Å². The van der Waals surface area contributed by atoms with Gasteiger partial charge in [0, 0.05) is 28.4 Å². The number of anilines is 1. The number of carbonyl (C=O) groups excluding carboxylic acids is 2. The van der Waals surface area contributed by atoms with Gasteiger partial charge in [-0.3, -0.25) is 9.59 Å². The fourth-order valence-electron chi connectivity index (χ4n) is 2.70. The van der Waals surface area contributed by atoms with Gasteiger partial charge in [0.1, 0.15) is 12.4 Å². The van der Waals surface area contributed by atoms with Crippen molar-refractivity contribution in [2.24, 2.45) is 0 Å². The summed E-state index contributed by atoms with van der Waals surface area (Å²) in [6.45, 7) is 4.03. The summed E-state index contributed by atoms with van der Waals surface area (Å²) in [6.07, 6.45) is 2.23. The molecule has 0 radical (unpaired) electrons. The van der Waals surface area contributed by atoms with Crippen molar-refractivity contribution >= 4 is 28.8 Å². The van der Waals surface area contributed by atoms with Crippen molar-refractivity contribution in [2.75, 3.05) is 5.32 Å². The smallest absolute Gasteiger partial charge is 0.244 e. The zero-order chi connectivity index (χ0) is 17.3. The number of hydrogen-bond acceptors (Lipinski definition) is 2. The summed E-state index contributed by atoms with van der Waals surface area (Å²) in [5.74, 6) is -0.625. The Morgan fingerprint density at radius 2 is 1.96 bits per heavy atom. The average Bonchev–Trinajstić information content (AvgIpc) is 2.87. The third kappa shape index (κ3) is 3.06. The number of aldehydes is 1. The van der Waals surface area contributed by atoms with Gasteiger partial charge in [-0.25, -0.2) is 4.39 Å². The van der Waals surface area contributed by atoms with Gasteiger partial charge >= 0.3 is 0 Å². The number of amides is 1. The SMILES string of the molecule is Cc1ccc(NC(=O)Cn2cc(C=O)c3cc(F)ccc32)cc1C. The maximum Gasteiger partial charge on any atom is 0.244 e. The van der Waals surface area contributed by atoms with Crippen molar-refractivity contribution in [1.82, 2.24) is 4.57 Å². The number of halogens is 1. The molecule has 4 nitrogen and oxygen atoms in total. The Labute approximate surface area is 138 Å². The Hall–Kier alpha value is -2.95. The van der Waals surface area contributed by atoms with Crippen LogP contribution in [-0.2, 0) is 11.3 Å². The fourth-order valence-corrected chi connectivity index (χ4v) is 2.70. The number of aromatic nitrogens is 1. The number of nitrogens with zero attached hydrogens (tertiary/aromatic N) is 1. The van der Waals surface area contributed by atoms with Gasteiger partial charge in [0.05, 0.1) is 0 Å². The second kappa shape index (κ2) is 6.28. The van der Waals surface area contributed by atoms with Crippen LogP contribution in [0.4, 0.5) is 10.1 Å². The van der Waals surface area contributed by atoms with Gasteiger partial charge in [-0.15, -0.1) is 0 Å². The quantitative estimate of drug-likeness (QED) is 0.741. The second-order valence-corrected chi connectivity index (χ2v) is 5.84. The second-order valence-electron chi connectivity index (χ2n) is 5.84. The maximum atomic E-state index is 13.4. The molecule has 0 aliphatic heterocycles. The van der Waals surface area contributed by atoms with Crippen LogP contribution in [0, 0.1) is 19.7 Å². The minimum Gasteiger partial charge on any atom is -0.337 e. The van der Waals surface area contributed by atoms with Crippen LogP contribution >= 0.6 is 0 Å². The van der Waals surface area contributed by atoms with E-state index >= 15 is 0 Å². The highest BCUT2D eigenvalue weighted by Gasteiger charge is 2.12. The Bertz CT molecular complexity index is 944. The molecule has 3 rings (SSSR count). The van der Waals surface area contributed by atoms with E-state index < -0.39 is 5.82 Å². The monoisotopic (exact) mass is 324 g/mol. The largest absolute Gasteiger partial charge is 0.337 e. The van der Waals surface area contributed by atoms with Crippen LogP contribution < -0.4 is 5.32 Å². The molecule has 122 valence electrons. The van der Waals surface area contributed by atoms with Crippen molar-refractivity contribution in [3.8, 4) is 0 Å². The van der Waals surface area contributed by atoms with E-state index in [2.05, 4.69) is 5.32 Å². The van der Waals surface area contributed by atoms with Crippen molar-refractivity contribution in [3.63, 3.8) is 0 Å². The third-order valence-corrected chi connectivity index (χ3v) is 4.11. The maximum absolute atomic E-state index is 13.4. The highest BCUT2D eigenvalue weighted by atomic mass is 19.1. The van der Waals surface area contributed by atoms with Gasteiger partial charge in [-0.05, 0) is 55.3 Å². The van der Waals surface area contributed by atoms with E-state index in [9.17, 15) is 14.0 Å². The predicted octanol–water partition coefficient (Wildman–Crippen LogP) is 3.85. The van der Waals surface area contributed by atoms with E-state index in [1.807, 2.05) is 32.0 Å². The fraction of sp³-hybridized carbons (Fsp3) is 0.158. The van der Waals surface area contributed by atoms with Crippen molar-refractivity contribution in [2.45, 2.75) is 20.4 Å². The zero-order valence-electron chi connectivity index (χ0n) is 13.5. The van der Waals surface area contributed by atoms with Crippen LogP contribution in [0.15, 0.2) is 42.6 Å². The predicted molar refractivity (Wildman–Crippen MR) is 91.8 cm³/mol. The number of hydrogen-bond donors (Lipinski definition) is 1. The molecule has 0 bridgehead atoms. The minimum absolute atomic E-state index is 0.0445. The van der Waals surface area contributed by atoms with Gasteiger partial charge in [-0.2, -0.15) is 0 Å². The topological polar surface area (TPSA) is 51.1 Å². The highest BCUT2D eigenvalue weighted by Crippen LogP contribution is 2.22. The molecule has 1 heterocycles. The van der Waals surface area contributed by atoms with E-state index in [1.54, 1.807) is 16.8 Å². The Morgan fingerprint density at radius 1 is 1.17 bits per heavy atom. The van der Waals surface area contributed by atoms with Crippen LogP contribution in [0.1, 0.15) is 21.5 Å². The van der Waals surface area contributed by atoms with Crippen LogP contribution in [0.2, 0.25) is 0 Å². The number of nitrogens with one attached hydrogen (secondary N) is 1. The van der Waals surface area contributed by atoms with E-state index in [-0.39, 0.29) is 12.5 Å². The molecule has 0 saturated carbocycles. The van der Waals surface area contributed by atoms with Gasteiger partial charge in [0.15, 0.2) is 6.29 Å². The molecule has 24 heavy (non-hydrogen) atoms. The summed E-state index contributed by atoms with van der Waals surface area (Å²) in [7, 11) is 0. The molecule has 0 aliphatic rings. The number of aryl methyl sites for hydroxylation is 2. The minimum atomic E-state index is -0.414. The molecular formula is C19H17FN2O2. The molecule has 1 N–H and O–H groups in total. The van der Waals surface area contributed by atoms with E-state index in [4.69, 9.17) is 0 Å². The first-order chi connectivity index (χ1) is 11.5. The zero-order valence-corrected chi connectivity index (χ0v) is 13.5. The molecule has 1 aromatic heterocycles. The van der Waals surface area contributed by atoms with E-state index in [1.165, 1.54) is 12.1 Å². The third-order valence-electron chi connectivity index (χ3n) is 4.11. The highest BCUT2D eigenvalue weighted by molar-refractivity contribution is 5.99. The first-order valence-corrected chi connectivity index (χ1v) is 7.58. The molecule has 1 amide bonds. The van der Waals surface area contributed by atoms with Crippen LogP contribution in [-0.4, -0.2) is 16.8 Å². The van der Waals surface area contributed by atoms with Gasteiger partial charge in [-0.1, -0.05) is 6.07 Å². The lowest BCUT2D eigenvalue weighted by Crippen LogP contribution is -2.18. The van der Waals surface area contributed by atoms with Crippen LogP contribution in [0.5, 0.6) is 0 Å². The van der Waals surface area contributed by atoms with E-state index in [0.29, 0.717) is 22.8 Å². The molecular weight excluding hydrogens is 307 g/mol. The molecule has 2 aromatic carbocycles. The van der Waals surface area contributed by atoms with Crippen LogP contribution in [0.25, 0.3) is 10.9 Å². The lowest BCUT2D eigenvalue weighted by molar-refractivity contribution is -0.116. The first kappa shape index (κ1) is 15.9. The summed E-state index contributed by atoms with van der Waals surface area (Å²) in [4.78, 5) is 23.4. The summed E-state index contributed by atoms with van der Waals surface area (Å²) in [6, 6.07) is 9.89. The summed E-state index contributed by atoms with van der Waals surface area (Å²) < 4.78 is 15.0. The summed E-state index contributed by atoms with van der Waals surface area (Å²) in [5.41, 5.74) is 3.98. The molecule has 0 atom stereocenters. The molecule has 0 aliphatic carbocycles. The molecule has 3 aromatic rings. The summed E-state index contributed by atoms with van der Waals surface area (Å²) in [5, 5.41) is 3.34. The number of rotatable bonds is 4. The number of carbonyl (C=O) groups is 2. The average molecular weight is 324 g/mol. The molecule has 5 heteroatoms. The van der Waals surface area contributed by atoms with Crippen molar-refractivity contribution in [1.29, 1.82) is 0 Å². The standard InChI is InChI=1S/C19H17FN2O2/c1-12-3-5-16(7-13(12)2)21-19(24)10-22-9-14(11-23)17-8-15(20)4-6-18(17)22/h3-9,11H,10H2,1-2H3,(H,21,24). The molecule has 0 saturated heterocycles. The lowest BCUT2D eigenvalue weighted by Gasteiger charge is -2.09. The summed E-state index contributed by atoms with van der Waals surface area (Å²) >= 11 is 0. The van der Waals surface area contributed by atoms with E-state index in [0.717, 1.165) is 16.8 Å². The normalized spacial score (nSPS) is 10.8. The number of fused-ring (bicyclic) bond motifs is 1. The molecule has 0 unspecified atom stereocenters. The Morgan fingerprint density at radius 3 is 2.67 bits per heavy atom. The Kier molecular flexibility index (Phi) is 4.16. The van der Waals surface area contributed by atoms with Crippen LogP contribution in [0.3, 0.4) is 0 Å².